The van der Waals surface area contributed by atoms with Gasteiger partial charge in [-0.1, -0.05) is 0 Å². The summed E-state index contributed by atoms with van der Waals surface area (Å²) in [4.78, 5) is 69.3. The number of rotatable bonds is 12. The van der Waals surface area contributed by atoms with Gasteiger partial charge in [0, 0.05) is 6.42 Å². The third-order valence-corrected chi connectivity index (χ3v) is 4.15. The lowest BCUT2D eigenvalue weighted by molar-refractivity contribution is -0.143. The molecule has 3 atom stereocenters. The molecule has 1 aliphatic heterocycles. The van der Waals surface area contributed by atoms with Crippen molar-refractivity contribution in [3.05, 3.63) is 0 Å². The maximum absolute atomic E-state index is 12.3. The molecule has 5 amide bonds. The van der Waals surface area contributed by atoms with E-state index in [1.807, 2.05) is 0 Å². The number of primary amides is 2. The predicted octanol–water partition coefficient (Wildman–Crippen LogP) is -3.95. The highest BCUT2D eigenvalue weighted by atomic mass is 16.4. The van der Waals surface area contributed by atoms with Gasteiger partial charge in [0.2, 0.25) is 29.5 Å². The zero-order valence-electron chi connectivity index (χ0n) is 15.7. The predicted molar refractivity (Wildman–Crippen MR) is 97.8 cm³/mol. The van der Waals surface area contributed by atoms with Crippen LogP contribution in [0.25, 0.3) is 0 Å². The molecule has 0 aliphatic carbocycles. The van der Waals surface area contributed by atoms with E-state index in [1.54, 1.807) is 0 Å². The molecule has 9 N–H and O–H groups in total. The van der Waals surface area contributed by atoms with E-state index in [0.717, 1.165) is 6.42 Å². The molecule has 0 spiro atoms. The highest BCUT2D eigenvalue weighted by Gasteiger charge is 2.28. The monoisotopic (exact) mass is 414 g/mol. The fraction of sp³-hybridized carbons (Fsp3) is 0.625. The number of carboxylic acid groups (broad SMARTS) is 1. The number of nitrogens with one attached hydrogen (secondary N) is 4. The molecule has 0 saturated carbocycles. The van der Waals surface area contributed by atoms with Crippen molar-refractivity contribution >= 4 is 35.5 Å². The fourth-order valence-corrected chi connectivity index (χ4v) is 2.67. The third kappa shape index (κ3) is 9.01. The Morgan fingerprint density at radius 2 is 1.72 bits per heavy atom. The van der Waals surface area contributed by atoms with E-state index >= 15 is 0 Å². The van der Waals surface area contributed by atoms with E-state index in [4.69, 9.17) is 16.6 Å². The minimum atomic E-state index is -1.53. The Kier molecular flexibility index (Phi) is 9.51. The van der Waals surface area contributed by atoms with Crippen LogP contribution in [0.15, 0.2) is 0 Å². The van der Waals surface area contributed by atoms with E-state index in [1.165, 1.54) is 0 Å². The lowest BCUT2D eigenvalue weighted by Crippen LogP contribution is -2.53. The smallest absolute Gasteiger partial charge is 0.326 e. The van der Waals surface area contributed by atoms with Crippen LogP contribution >= 0.6 is 0 Å². The highest BCUT2D eigenvalue weighted by molar-refractivity contribution is 5.93. The summed E-state index contributed by atoms with van der Waals surface area (Å²) >= 11 is 0. The topological polar surface area (TPSA) is 223 Å². The van der Waals surface area contributed by atoms with Crippen molar-refractivity contribution in [1.29, 1.82) is 0 Å². The van der Waals surface area contributed by atoms with Crippen LogP contribution in [0.4, 0.5) is 0 Å². The van der Waals surface area contributed by atoms with E-state index < -0.39 is 66.6 Å². The Balaban J connectivity index is 2.61. The van der Waals surface area contributed by atoms with Gasteiger partial charge in [0.25, 0.3) is 0 Å². The summed E-state index contributed by atoms with van der Waals surface area (Å²) in [6.45, 7) is 0.0679. The number of hydrogen-bond donors (Lipinski definition) is 7. The van der Waals surface area contributed by atoms with Crippen molar-refractivity contribution in [3.8, 4) is 0 Å². The molecule has 0 aromatic rings. The van der Waals surface area contributed by atoms with Crippen LogP contribution in [0.3, 0.4) is 0 Å². The number of hydrogen-bond acceptors (Lipinski definition) is 7. The average Bonchev–Trinajstić information content (AvgIpc) is 3.16. The summed E-state index contributed by atoms with van der Waals surface area (Å²) in [5.74, 6) is -5.07. The van der Waals surface area contributed by atoms with E-state index in [0.29, 0.717) is 13.0 Å². The zero-order valence-corrected chi connectivity index (χ0v) is 15.7. The number of nitrogens with two attached hydrogens (primary N) is 2. The molecule has 1 saturated heterocycles. The Hall–Kier alpha value is -3.22. The van der Waals surface area contributed by atoms with E-state index in [2.05, 4.69) is 21.3 Å². The maximum Gasteiger partial charge on any atom is 0.326 e. The van der Waals surface area contributed by atoms with Gasteiger partial charge in [-0.25, -0.2) is 4.79 Å². The number of carbonyl (C=O) groups is 6. The van der Waals surface area contributed by atoms with Gasteiger partial charge in [-0.3, -0.25) is 24.0 Å². The summed E-state index contributed by atoms with van der Waals surface area (Å²) in [6.07, 6.45) is 0.574. The average molecular weight is 414 g/mol. The Morgan fingerprint density at radius 3 is 2.24 bits per heavy atom. The summed E-state index contributed by atoms with van der Waals surface area (Å²) in [5, 5.41) is 18.7. The normalized spacial score (nSPS) is 17.6. The first-order valence-corrected chi connectivity index (χ1v) is 9.00. The third-order valence-electron chi connectivity index (χ3n) is 4.15. The first-order valence-electron chi connectivity index (χ1n) is 9.00. The lowest BCUT2D eigenvalue weighted by Gasteiger charge is -2.20. The molecule has 13 nitrogen and oxygen atoms in total. The van der Waals surface area contributed by atoms with Gasteiger partial charge in [0.05, 0.1) is 19.0 Å². The van der Waals surface area contributed by atoms with Crippen molar-refractivity contribution in [3.63, 3.8) is 0 Å². The van der Waals surface area contributed by atoms with E-state index in [-0.39, 0.29) is 12.8 Å². The number of carboxylic acids is 1. The van der Waals surface area contributed by atoms with Crippen LogP contribution in [-0.4, -0.2) is 71.8 Å². The van der Waals surface area contributed by atoms with Crippen LogP contribution in [0.5, 0.6) is 0 Å². The molecule has 0 aromatic carbocycles. The molecule has 0 aromatic heterocycles. The van der Waals surface area contributed by atoms with Gasteiger partial charge in [-0.05, 0) is 25.8 Å². The quantitative estimate of drug-likeness (QED) is 0.166. The largest absolute Gasteiger partial charge is 0.480 e. The van der Waals surface area contributed by atoms with Crippen LogP contribution in [0.1, 0.15) is 32.1 Å². The van der Waals surface area contributed by atoms with Crippen LogP contribution in [0, 0.1) is 0 Å². The van der Waals surface area contributed by atoms with Gasteiger partial charge in [0.15, 0.2) is 0 Å². The van der Waals surface area contributed by atoms with Crippen molar-refractivity contribution in [2.45, 2.75) is 50.2 Å². The molecular formula is C16H26N6O7. The SMILES string of the molecule is NC(=O)CCC(NC(=O)C1CCCN1)C(=O)NCC(=O)NC(CC(N)=O)C(=O)O. The molecule has 0 radical (unpaired) electrons. The molecular weight excluding hydrogens is 388 g/mol. The molecule has 3 unspecified atom stereocenters. The second-order valence-electron chi connectivity index (χ2n) is 6.56. The molecule has 1 fully saturated rings. The molecule has 1 aliphatic rings. The number of amides is 5. The summed E-state index contributed by atoms with van der Waals surface area (Å²) in [7, 11) is 0. The van der Waals surface area contributed by atoms with Crippen molar-refractivity contribution < 1.29 is 33.9 Å². The molecule has 0 bridgehead atoms. The lowest BCUT2D eigenvalue weighted by atomic mass is 10.1. The first-order chi connectivity index (χ1) is 13.6. The second-order valence-corrected chi connectivity index (χ2v) is 6.56. The molecule has 13 heteroatoms. The van der Waals surface area contributed by atoms with Gasteiger partial charge >= 0.3 is 5.97 Å². The molecule has 1 rings (SSSR count). The Labute approximate surface area is 166 Å². The van der Waals surface area contributed by atoms with Gasteiger partial charge < -0.3 is 37.8 Å². The Morgan fingerprint density at radius 1 is 1.03 bits per heavy atom. The zero-order chi connectivity index (χ0) is 22.0. The summed E-state index contributed by atoms with van der Waals surface area (Å²) in [5.41, 5.74) is 10.0. The molecule has 1 heterocycles. The molecule has 29 heavy (non-hydrogen) atoms. The second kappa shape index (κ2) is 11.6. The summed E-state index contributed by atoms with van der Waals surface area (Å²) in [6, 6.07) is -3.09. The van der Waals surface area contributed by atoms with Crippen LogP contribution in [-0.2, 0) is 28.8 Å². The fourth-order valence-electron chi connectivity index (χ4n) is 2.67. The van der Waals surface area contributed by atoms with Crippen LogP contribution in [0.2, 0.25) is 0 Å². The number of aliphatic carboxylic acids is 1. The van der Waals surface area contributed by atoms with Crippen molar-refractivity contribution in [2.24, 2.45) is 11.5 Å². The number of carbonyl (C=O) groups excluding carboxylic acids is 5. The van der Waals surface area contributed by atoms with Gasteiger partial charge in [0.1, 0.15) is 12.1 Å². The standard InChI is InChI=1S/C16H26N6O7/c17-11(23)4-3-9(22-15(27)8-2-1-5-19-8)14(26)20-7-13(25)21-10(16(28)29)6-12(18)24/h8-10,19H,1-7H2,(H2,17,23)(H2,18,24)(H,20,26)(H,21,25)(H,22,27)(H,28,29). The minimum absolute atomic E-state index is 0.0688. The first kappa shape index (κ1) is 23.8. The Bertz CT molecular complexity index is 662. The van der Waals surface area contributed by atoms with Crippen molar-refractivity contribution in [1.82, 2.24) is 21.3 Å². The highest BCUT2D eigenvalue weighted by Crippen LogP contribution is 2.06. The van der Waals surface area contributed by atoms with Crippen LogP contribution < -0.4 is 32.7 Å². The minimum Gasteiger partial charge on any atom is -0.480 e. The van der Waals surface area contributed by atoms with Gasteiger partial charge in [-0.2, -0.15) is 0 Å². The van der Waals surface area contributed by atoms with E-state index in [9.17, 15) is 28.8 Å². The van der Waals surface area contributed by atoms with Gasteiger partial charge in [-0.15, -0.1) is 0 Å². The maximum atomic E-state index is 12.3. The van der Waals surface area contributed by atoms with Crippen molar-refractivity contribution in [2.75, 3.05) is 13.1 Å². The summed E-state index contributed by atoms with van der Waals surface area (Å²) < 4.78 is 0. The molecule has 162 valence electrons.